The van der Waals surface area contributed by atoms with E-state index in [1.165, 1.54) is 11.1 Å². The van der Waals surface area contributed by atoms with Crippen molar-refractivity contribution in [2.24, 2.45) is 0 Å². The van der Waals surface area contributed by atoms with Crippen molar-refractivity contribution in [3.8, 4) is 0 Å². The van der Waals surface area contributed by atoms with Crippen LogP contribution in [0.4, 0.5) is 0 Å². The Hall–Kier alpha value is -0.940. The minimum Gasteiger partial charge on any atom is -0.395 e. The summed E-state index contributed by atoms with van der Waals surface area (Å²) >= 11 is 0. The molecule has 0 fully saturated rings. The maximum absolute atomic E-state index is 10.2. The average molecular weight is 307 g/mol. The summed E-state index contributed by atoms with van der Waals surface area (Å²) in [5.41, 5.74) is 2.66. The van der Waals surface area contributed by atoms with Crippen LogP contribution in [0.1, 0.15) is 43.4 Å². The molecule has 4 nitrogen and oxygen atoms in total. The summed E-state index contributed by atoms with van der Waals surface area (Å²) in [5, 5.41) is 19.3. The van der Waals surface area contributed by atoms with Crippen molar-refractivity contribution >= 4 is 0 Å². The fraction of sp³-hybridized carbons (Fsp3) is 0.667. The SMILES string of the molecule is CCCN(CCO)C[C@H](O)CO[C@H]1CCCc2ccccc21. The number of ether oxygens (including phenoxy) is 1. The largest absolute Gasteiger partial charge is 0.395 e. The smallest absolute Gasteiger partial charge is 0.0900 e. The number of aryl methyl sites for hydroxylation is 1. The van der Waals surface area contributed by atoms with Gasteiger partial charge in [-0.1, -0.05) is 31.2 Å². The normalized spacial score (nSPS) is 19.2. The van der Waals surface area contributed by atoms with Gasteiger partial charge in [0, 0.05) is 13.1 Å². The number of fused-ring (bicyclic) bond motifs is 1. The van der Waals surface area contributed by atoms with E-state index in [2.05, 4.69) is 36.1 Å². The summed E-state index contributed by atoms with van der Waals surface area (Å²) in [5.74, 6) is 0. The van der Waals surface area contributed by atoms with Crippen LogP contribution in [0, 0.1) is 0 Å². The van der Waals surface area contributed by atoms with E-state index in [4.69, 9.17) is 9.84 Å². The Morgan fingerprint density at radius 2 is 2.14 bits per heavy atom. The Kier molecular flexibility index (Phi) is 7.33. The zero-order valence-corrected chi connectivity index (χ0v) is 13.6. The van der Waals surface area contributed by atoms with Crippen LogP contribution >= 0.6 is 0 Å². The van der Waals surface area contributed by atoms with E-state index in [9.17, 15) is 5.11 Å². The number of aliphatic hydroxyl groups excluding tert-OH is 2. The third kappa shape index (κ3) is 5.06. The van der Waals surface area contributed by atoms with Gasteiger partial charge < -0.3 is 14.9 Å². The predicted octanol–water partition coefficient (Wildman–Crippen LogP) is 2.15. The maximum Gasteiger partial charge on any atom is 0.0900 e. The molecule has 0 radical (unpaired) electrons. The molecule has 22 heavy (non-hydrogen) atoms. The molecule has 0 aromatic heterocycles. The molecular weight excluding hydrogens is 278 g/mol. The van der Waals surface area contributed by atoms with Gasteiger partial charge in [-0.25, -0.2) is 0 Å². The van der Waals surface area contributed by atoms with Crippen LogP contribution < -0.4 is 0 Å². The molecular formula is C18H29NO3. The Labute approximate surface area is 133 Å². The van der Waals surface area contributed by atoms with Crippen molar-refractivity contribution in [2.75, 3.05) is 32.8 Å². The van der Waals surface area contributed by atoms with Gasteiger partial charge in [-0.05, 0) is 43.4 Å². The minimum absolute atomic E-state index is 0.108. The van der Waals surface area contributed by atoms with Crippen molar-refractivity contribution in [3.63, 3.8) is 0 Å². The third-order valence-corrected chi connectivity index (χ3v) is 4.23. The Morgan fingerprint density at radius 1 is 1.32 bits per heavy atom. The number of hydrogen-bond donors (Lipinski definition) is 2. The van der Waals surface area contributed by atoms with Crippen LogP contribution in [0.15, 0.2) is 24.3 Å². The molecule has 0 spiro atoms. The van der Waals surface area contributed by atoms with E-state index in [0.29, 0.717) is 19.7 Å². The van der Waals surface area contributed by atoms with E-state index < -0.39 is 6.10 Å². The third-order valence-electron chi connectivity index (χ3n) is 4.23. The monoisotopic (exact) mass is 307 g/mol. The fourth-order valence-corrected chi connectivity index (χ4v) is 3.21. The molecule has 0 aliphatic heterocycles. The lowest BCUT2D eigenvalue weighted by molar-refractivity contribution is -0.0292. The molecule has 1 aliphatic carbocycles. The number of nitrogens with zero attached hydrogens (tertiary/aromatic N) is 1. The highest BCUT2D eigenvalue weighted by molar-refractivity contribution is 5.31. The highest BCUT2D eigenvalue weighted by Crippen LogP contribution is 2.32. The lowest BCUT2D eigenvalue weighted by atomic mass is 9.89. The van der Waals surface area contributed by atoms with Crippen LogP contribution in [0.3, 0.4) is 0 Å². The molecule has 124 valence electrons. The zero-order chi connectivity index (χ0) is 15.8. The molecule has 0 amide bonds. The lowest BCUT2D eigenvalue weighted by Gasteiger charge is -2.28. The minimum atomic E-state index is -0.507. The molecule has 2 atom stereocenters. The summed E-state index contributed by atoms with van der Waals surface area (Å²) < 4.78 is 5.99. The van der Waals surface area contributed by atoms with E-state index in [1.54, 1.807) is 0 Å². The van der Waals surface area contributed by atoms with E-state index in [0.717, 1.165) is 32.2 Å². The summed E-state index contributed by atoms with van der Waals surface area (Å²) in [6.45, 7) is 4.64. The maximum atomic E-state index is 10.2. The fourth-order valence-electron chi connectivity index (χ4n) is 3.21. The number of aliphatic hydroxyl groups is 2. The van der Waals surface area contributed by atoms with Crippen molar-refractivity contribution in [1.82, 2.24) is 4.90 Å². The Morgan fingerprint density at radius 3 is 2.91 bits per heavy atom. The number of hydrogen-bond acceptors (Lipinski definition) is 4. The number of benzene rings is 1. The molecule has 0 heterocycles. The molecule has 0 bridgehead atoms. The summed E-state index contributed by atoms with van der Waals surface area (Å²) in [6, 6.07) is 8.45. The van der Waals surface area contributed by atoms with Crippen molar-refractivity contribution < 1.29 is 14.9 Å². The molecule has 0 saturated carbocycles. The molecule has 1 aromatic rings. The van der Waals surface area contributed by atoms with Gasteiger partial charge >= 0.3 is 0 Å². The highest BCUT2D eigenvalue weighted by Gasteiger charge is 2.21. The quantitative estimate of drug-likeness (QED) is 0.734. The molecule has 1 aromatic carbocycles. The van der Waals surface area contributed by atoms with Gasteiger partial charge in [-0.15, -0.1) is 0 Å². The molecule has 1 aliphatic rings. The topological polar surface area (TPSA) is 52.9 Å². The van der Waals surface area contributed by atoms with Gasteiger partial charge in [0.25, 0.3) is 0 Å². The summed E-state index contributed by atoms with van der Waals surface area (Å²) in [7, 11) is 0. The molecule has 0 unspecified atom stereocenters. The average Bonchev–Trinajstić information content (AvgIpc) is 2.53. The van der Waals surface area contributed by atoms with Gasteiger partial charge in [-0.3, -0.25) is 4.90 Å². The van der Waals surface area contributed by atoms with Gasteiger partial charge in [0.05, 0.1) is 25.4 Å². The first-order valence-electron chi connectivity index (χ1n) is 8.45. The molecule has 4 heteroatoms. The van der Waals surface area contributed by atoms with E-state index in [1.807, 2.05) is 0 Å². The van der Waals surface area contributed by atoms with Gasteiger partial charge in [-0.2, -0.15) is 0 Å². The Balaban J connectivity index is 1.82. The molecule has 0 saturated heterocycles. The zero-order valence-electron chi connectivity index (χ0n) is 13.6. The first-order chi connectivity index (χ1) is 10.7. The second-order valence-electron chi connectivity index (χ2n) is 6.09. The predicted molar refractivity (Wildman–Crippen MR) is 87.9 cm³/mol. The van der Waals surface area contributed by atoms with Crippen LogP contribution in [0.25, 0.3) is 0 Å². The first kappa shape index (κ1) is 17.4. The van der Waals surface area contributed by atoms with Crippen LogP contribution in [0.5, 0.6) is 0 Å². The lowest BCUT2D eigenvalue weighted by Crippen LogP contribution is -2.37. The Bertz CT molecular complexity index is 432. The van der Waals surface area contributed by atoms with Crippen molar-refractivity contribution in [1.29, 1.82) is 0 Å². The highest BCUT2D eigenvalue weighted by atomic mass is 16.5. The van der Waals surface area contributed by atoms with Gasteiger partial charge in [0.2, 0.25) is 0 Å². The van der Waals surface area contributed by atoms with Crippen LogP contribution in [-0.4, -0.2) is 54.1 Å². The second kappa shape index (κ2) is 9.26. The van der Waals surface area contributed by atoms with E-state index >= 15 is 0 Å². The standard InChI is InChI=1S/C18H29NO3/c1-2-10-19(11-12-20)13-16(21)14-22-18-9-5-7-15-6-3-4-8-17(15)18/h3-4,6,8,16,18,20-21H,2,5,7,9-14H2,1H3/t16-,18-/m0/s1. The van der Waals surface area contributed by atoms with Crippen LogP contribution in [-0.2, 0) is 11.2 Å². The number of rotatable bonds is 9. The summed E-state index contributed by atoms with van der Waals surface area (Å²) in [6.07, 6.45) is 3.91. The van der Waals surface area contributed by atoms with Crippen molar-refractivity contribution in [2.45, 2.75) is 44.8 Å². The molecule has 2 N–H and O–H groups in total. The van der Waals surface area contributed by atoms with E-state index in [-0.39, 0.29) is 12.7 Å². The second-order valence-corrected chi connectivity index (χ2v) is 6.09. The van der Waals surface area contributed by atoms with Crippen LogP contribution in [0.2, 0.25) is 0 Å². The summed E-state index contributed by atoms with van der Waals surface area (Å²) in [4.78, 5) is 2.09. The molecule has 2 rings (SSSR count). The van der Waals surface area contributed by atoms with Gasteiger partial charge in [0.15, 0.2) is 0 Å². The van der Waals surface area contributed by atoms with Gasteiger partial charge in [0.1, 0.15) is 0 Å². The first-order valence-corrected chi connectivity index (χ1v) is 8.45. The van der Waals surface area contributed by atoms with Crippen molar-refractivity contribution in [3.05, 3.63) is 35.4 Å².